The van der Waals surface area contributed by atoms with E-state index in [4.69, 9.17) is 27.6 Å². The van der Waals surface area contributed by atoms with Crippen LogP contribution in [-0.2, 0) is 16.4 Å². The van der Waals surface area contributed by atoms with Crippen molar-refractivity contribution >= 4 is 33.2 Å². The Balaban J connectivity index is 2.20. The van der Waals surface area contributed by atoms with Gasteiger partial charge in [0.25, 0.3) is 0 Å². The van der Waals surface area contributed by atoms with Crippen LogP contribution in [0.3, 0.4) is 0 Å². The molecule has 1 atom stereocenters. The van der Waals surface area contributed by atoms with Crippen LogP contribution in [0.5, 0.6) is 0 Å². The molecule has 7 heteroatoms. The summed E-state index contributed by atoms with van der Waals surface area (Å²) in [4.78, 5) is 0.0325. The Bertz CT molecular complexity index is 727. The highest BCUT2D eigenvalue weighted by Gasteiger charge is 2.21. The molecule has 0 aliphatic carbocycles. The highest BCUT2D eigenvalue weighted by molar-refractivity contribution is 7.89. The smallest absolute Gasteiger partial charge is 0.242 e. The average Bonchev–Trinajstić information content (AvgIpc) is 2.85. The molecule has 0 fully saturated rings. The van der Waals surface area contributed by atoms with E-state index in [0.717, 1.165) is 5.56 Å². The first-order valence-electron chi connectivity index (χ1n) is 6.28. The van der Waals surface area contributed by atoms with Crippen LogP contribution in [0.1, 0.15) is 18.1 Å². The summed E-state index contributed by atoms with van der Waals surface area (Å²) < 4.78 is 32.4. The van der Waals surface area contributed by atoms with Crippen molar-refractivity contribution in [1.29, 1.82) is 0 Å². The topological polar surface area (TPSA) is 59.3 Å². The van der Waals surface area contributed by atoms with Crippen molar-refractivity contribution in [2.75, 3.05) is 0 Å². The fraction of sp³-hybridized carbons (Fsp3) is 0.286. The molecule has 4 nitrogen and oxygen atoms in total. The Hall–Kier alpha value is -1.01. The highest BCUT2D eigenvalue weighted by Crippen LogP contribution is 2.28. The molecule has 21 heavy (non-hydrogen) atoms. The molecule has 0 aliphatic heterocycles. The van der Waals surface area contributed by atoms with Crippen LogP contribution >= 0.6 is 23.2 Å². The molecular formula is C14H15Cl2NO3S. The van der Waals surface area contributed by atoms with Gasteiger partial charge in [0.15, 0.2) is 0 Å². The summed E-state index contributed by atoms with van der Waals surface area (Å²) in [5.74, 6) is 0. The zero-order valence-electron chi connectivity index (χ0n) is 11.6. The van der Waals surface area contributed by atoms with Crippen LogP contribution in [0.15, 0.2) is 40.0 Å². The van der Waals surface area contributed by atoms with Crippen molar-refractivity contribution in [1.82, 2.24) is 4.72 Å². The van der Waals surface area contributed by atoms with Gasteiger partial charge in [0.05, 0.1) is 17.5 Å². The molecule has 0 bridgehead atoms. The number of hydrogen-bond acceptors (Lipinski definition) is 3. The molecule has 1 aromatic carbocycles. The summed E-state index contributed by atoms with van der Waals surface area (Å²) in [6, 6.07) is 4.41. The van der Waals surface area contributed by atoms with Crippen LogP contribution in [-0.4, -0.2) is 14.5 Å². The Labute approximate surface area is 134 Å². The maximum absolute atomic E-state index is 12.4. The van der Waals surface area contributed by atoms with Gasteiger partial charge in [0.2, 0.25) is 10.0 Å². The third-order valence-electron chi connectivity index (χ3n) is 2.98. The van der Waals surface area contributed by atoms with Gasteiger partial charge >= 0.3 is 0 Å². The maximum atomic E-state index is 12.4. The minimum atomic E-state index is -3.70. The second-order valence-electron chi connectivity index (χ2n) is 4.89. The van der Waals surface area contributed by atoms with Gasteiger partial charge in [0, 0.05) is 11.1 Å². The average molecular weight is 348 g/mol. The van der Waals surface area contributed by atoms with Crippen molar-refractivity contribution in [2.45, 2.75) is 31.2 Å². The molecule has 0 radical (unpaired) electrons. The number of furan rings is 1. The van der Waals surface area contributed by atoms with Crippen molar-refractivity contribution in [3.63, 3.8) is 0 Å². The molecule has 2 rings (SSSR count). The summed E-state index contributed by atoms with van der Waals surface area (Å²) in [6.07, 6.45) is 3.67. The molecular weight excluding hydrogens is 333 g/mol. The van der Waals surface area contributed by atoms with E-state index in [1.165, 1.54) is 12.1 Å². The number of rotatable bonds is 5. The van der Waals surface area contributed by atoms with E-state index in [1.807, 2.05) is 0 Å². The minimum Gasteiger partial charge on any atom is -0.472 e. The molecule has 0 aliphatic rings. The van der Waals surface area contributed by atoms with Crippen LogP contribution in [0.2, 0.25) is 10.0 Å². The first-order valence-corrected chi connectivity index (χ1v) is 8.52. The molecule has 2 aromatic rings. The number of sulfonamides is 1. The SMILES string of the molecule is Cc1cc(S(=O)(=O)N[C@@H](C)Cc2ccoc2)c(Cl)cc1Cl. The molecule has 0 amide bonds. The van der Waals surface area contributed by atoms with E-state index in [-0.39, 0.29) is 16.0 Å². The Kier molecular flexibility index (Phi) is 4.99. The lowest BCUT2D eigenvalue weighted by molar-refractivity contribution is 0.549. The summed E-state index contributed by atoms with van der Waals surface area (Å²) in [6.45, 7) is 3.51. The second kappa shape index (κ2) is 6.40. The molecule has 1 heterocycles. The fourth-order valence-electron chi connectivity index (χ4n) is 1.97. The van der Waals surface area contributed by atoms with Gasteiger partial charge in [-0.1, -0.05) is 23.2 Å². The zero-order chi connectivity index (χ0) is 15.6. The van der Waals surface area contributed by atoms with Crippen molar-refractivity contribution in [2.24, 2.45) is 0 Å². The number of halogens is 2. The van der Waals surface area contributed by atoms with Crippen molar-refractivity contribution in [3.05, 3.63) is 51.9 Å². The molecule has 0 spiro atoms. The quantitative estimate of drug-likeness (QED) is 0.894. The van der Waals surface area contributed by atoms with Gasteiger partial charge in [0.1, 0.15) is 4.90 Å². The van der Waals surface area contributed by atoms with Crippen molar-refractivity contribution < 1.29 is 12.8 Å². The Morgan fingerprint density at radius 3 is 2.62 bits per heavy atom. The molecule has 114 valence electrons. The lowest BCUT2D eigenvalue weighted by atomic mass is 10.1. The van der Waals surface area contributed by atoms with Gasteiger partial charge in [-0.3, -0.25) is 0 Å². The second-order valence-corrected chi connectivity index (χ2v) is 7.39. The fourth-order valence-corrected chi connectivity index (χ4v) is 4.04. The Morgan fingerprint density at radius 2 is 2.00 bits per heavy atom. The van der Waals surface area contributed by atoms with E-state index < -0.39 is 10.0 Å². The largest absolute Gasteiger partial charge is 0.472 e. The predicted molar refractivity (Wildman–Crippen MR) is 83.4 cm³/mol. The highest BCUT2D eigenvalue weighted by atomic mass is 35.5. The van der Waals surface area contributed by atoms with Gasteiger partial charge < -0.3 is 4.42 Å². The van der Waals surface area contributed by atoms with Crippen LogP contribution < -0.4 is 4.72 Å². The number of hydrogen-bond donors (Lipinski definition) is 1. The normalized spacial score (nSPS) is 13.3. The van der Waals surface area contributed by atoms with Gasteiger partial charge in [-0.15, -0.1) is 0 Å². The van der Waals surface area contributed by atoms with E-state index in [2.05, 4.69) is 4.72 Å². The van der Waals surface area contributed by atoms with Crippen LogP contribution in [0.4, 0.5) is 0 Å². The van der Waals surface area contributed by atoms with Crippen LogP contribution in [0, 0.1) is 6.92 Å². The zero-order valence-corrected chi connectivity index (χ0v) is 13.9. The molecule has 0 saturated heterocycles. The van der Waals surface area contributed by atoms with Gasteiger partial charge in [-0.2, -0.15) is 0 Å². The van der Waals surface area contributed by atoms with E-state index in [9.17, 15) is 8.42 Å². The summed E-state index contributed by atoms with van der Waals surface area (Å²) in [5.41, 5.74) is 1.58. The van der Waals surface area contributed by atoms with E-state index in [0.29, 0.717) is 17.0 Å². The third-order valence-corrected chi connectivity index (χ3v) is 5.44. The number of benzene rings is 1. The van der Waals surface area contributed by atoms with E-state index in [1.54, 1.807) is 32.4 Å². The third kappa shape index (κ3) is 4.01. The summed E-state index contributed by atoms with van der Waals surface area (Å²) in [7, 11) is -3.70. The molecule has 0 saturated carbocycles. The molecule has 0 unspecified atom stereocenters. The molecule has 1 N–H and O–H groups in total. The first-order chi connectivity index (χ1) is 9.79. The summed E-state index contributed by atoms with van der Waals surface area (Å²) >= 11 is 11.9. The van der Waals surface area contributed by atoms with Crippen molar-refractivity contribution in [3.8, 4) is 0 Å². The standard InChI is InChI=1S/C14H15Cl2NO3S/c1-9-5-14(13(16)7-12(9)15)21(18,19)17-10(2)6-11-3-4-20-8-11/h3-5,7-8,10,17H,6H2,1-2H3/t10-/m0/s1. The minimum absolute atomic E-state index is 0.0325. The number of nitrogens with one attached hydrogen (secondary N) is 1. The first kappa shape index (κ1) is 16.4. The van der Waals surface area contributed by atoms with Gasteiger partial charge in [-0.05, 0) is 49.6 Å². The predicted octanol–water partition coefficient (Wildman–Crippen LogP) is 3.80. The lowest BCUT2D eigenvalue weighted by Crippen LogP contribution is -2.34. The van der Waals surface area contributed by atoms with Crippen LogP contribution in [0.25, 0.3) is 0 Å². The maximum Gasteiger partial charge on any atom is 0.242 e. The monoisotopic (exact) mass is 347 g/mol. The number of aryl methyl sites for hydroxylation is 1. The Morgan fingerprint density at radius 1 is 1.29 bits per heavy atom. The van der Waals surface area contributed by atoms with E-state index >= 15 is 0 Å². The molecule has 1 aromatic heterocycles. The van der Waals surface area contributed by atoms with Gasteiger partial charge in [-0.25, -0.2) is 13.1 Å². The lowest BCUT2D eigenvalue weighted by Gasteiger charge is -2.15. The summed E-state index contributed by atoms with van der Waals surface area (Å²) in [5, 5.41) is 0.541.